The fourth-order valence-corrected chi connectivity index (χ4v) is 2.82. The number of ether oxygens (including phenoxy) is 1. The van der Waals surface area contributed by atoms with Crippen LogP contribution in [0.25, 0.3) is 5.69 Å². The zero-order valence-corrected chi connectivity index (χ0v) is 15.0. The van der Waals surface area contributed by atoms with Crippen molar-refractivity contribution in [2.45, 2.75) is 20.8 Å². The molecule has 1 amide bonds. The molecule has 0 atom stereocenters. The lowest BCUT2D eigenvalue weighted by atomic mass is 10.2. The Hall–Kier alpha value is -2.11. The van der Waals surface area contributed by atoms with Crippen molar-refractivity contribution >= 4 is 5.91 Å². The van der Waals surface area contributed by atoms with Crippen molar-refractivity contribution in [1.82, 2.24) is 15.2 Å². The number of hydrogen-bond donors (Lipinski definition) is 2. The van der Waals surface area contributed by atoms with Gasteiger partial charge >= 0.3 is 0 Å². The van der Waals surface area contributed by atoms with Gasteiger partial charge in [0.25, 0.3) is 5.91 Å². The molecule has 24 heavy (non-hydrogen) atoms. The Morgan fingerprint density at radius 2 is 1.92 bits per heavy atom. The molecule has 0 unspecified atom stereocenters. The number of hydrogen-bond acceptors (Lipinski definition) is 3. The third kappa shape index (κ3) is 4.46. The van der Waals surface area contributed by atoms with E-state index in [2.05, 4.69) is 40.3 Å². The fourth-order valence-electron chi connectivity index (χ4n) is 2.82. The van der Waals surface area contributed by atoms with E-state index in [1.165, 1.54) is 5.56 Å². The minimum absolute atomic E-state index is 0.0319. The van der Waals surface area contributed by atoms with Crippen LogP contribution in [-0.4, -0.2) is 43.8 Å². The Bertz CT molecular complexity index is 692. The maximum atomic E-state index is 12.4. The molecule has 0 saturated heterocycles. The van der Waals surface area contributed by atoms with E-state index in [-0.39, 0.29) is 5.91 Å². The first-order valence-corrected chi connectivity index (χ1v) is 8.28. The van der Waals surface area contributed by atoms with Crippen LogP contribution in [0.1, 0.15) is 27.3 Å². The standard InChI is InChI=1S/C19H27N3O2/c1-14-6-5-7-17(12-14)22-15(2)13-18(16(22)3)19(23)21-9-8-20-10-11-24-4/h5-7,12-13,20H,8-11H2,1-4H3,(H,21,23). The lowest BCUT2D eigenvalue weighted by Crippen LogP contribution is -2.33. The summed E-state index contributed by atoms with van der Waals surface area (Å²) in [6.07, 6.45) is 0. The molecule has 1 aromatic heterocycles. The largest absolute Gasteiger partial charge is 0.383 e. The molecule has 0 fully saturated rings. The highest BCUT2D eigenvalue weighted by Crippen LogP contribution is 2.21. The molecule has 2 aromatic rings. The summed E-state index contributed by atoms with van der Waals surface area (Å²) in [5.74, 6) is -0.0319. The zero-order chi connectivity index (χ0) is 17.5. The van der Waals surface area contributed by atoms with Crippen molar-refractivity contribution in [2.75, 3.05) is 33.4 Å². The first kappa shape index (κ1) is 18.2. The minimum Gasteiger partial charge on any atom is -0.383 e. The van der Waals surface area contributed by atoms with Crippen LogP contribution >= 0.6 is 0 Å². The second-order valence-electron chi connectivity index (χ2n) is 5.96. The Labute approximate surface area is 144 Å². The second-order valence-corrected chi connectivity index (χ2v) is 5.96. The van der Waals surface area contributed by atoms with E-state index in [1.54, 1.807) is 7.11 Å². The predicted octanol–water partition coefficient (Wildman–Crippen LogP) is 2.37. The summed E-state index contributed by atoms with van der Waals surface area (Å²) in [6, 6.07) is 10.2. The summed E-state index contributed by atoms with van der Waals surface area (Å²) in [7, 11) is 1.67. The number of aryl methyl sites for hydroxylation is 2. The fraction of sp³-hybridized carbons (Fsp3) is 0.421. The van der Waals surface area contributed by atoms with Gasteiger partial charge in [-0.25, -0.2) is 0 Å². The number of rotatable bonds is 8. The van der Waals surface area contributed by atoms with Gasteiger partial charge in [0.1, 0.15) is 0 Å². The van der Waals surface area contributed by atoms with Crippen LogP contribution in [0.2, 0.25) is 0 Å². The molecule has 0 saturated carbocycles. The third-order valence-electron chi connectivity index (χ3n) is 4.01. The Balaban J connectivity index is 2.04. The predicted molar refractivity (Wildman–Crippen MR) is 97.1 cm³/mol. The van der Waals surface area contributed by atoms with Gasteiger partial charge in [-0.15, -0.1) is 0 Å². The van der Waals surface area contributed by atoms with Gasteiger partial charge in [-0.1, -0.05) is 12.1 Å². The molecule has 5 nitrogen and oxygen atoms in total. The summed E-state index contributed by atoms with van der Waals surface area (Å²) < 4.78 is 7.09. The van der Waals surface area contributed by atoms with Crippen LogP contribution in [0.3, 0.4) is 0 Å². The van der Waals surface area contributed by atoms with Gasteiger partial charge in [-0.2, -0.15) is 0 Å². The molecule has 5 heteroatoms. The Morgan fingerprint density at radius 1 is 1.12 bits per heavy atom. The van der Waals surface area contributed by atoms with Crippen molar-refractivity contribution in [1.29, 1.82) is 0 Å². The van der Waals surface area contributed by atoms with Crippen molar-refractivity contribution in [2.24, 2.45) is 0 Å². The smallest absolute Gasteiger partial charge is 0.253 e. The quantitative estimate of drug-likeness (QED) is 0.731. The average Bonchev–Trinajstić information content (AvgIpc) is 2.85. The molecule has 0 aliphatic heterocycles. The summed E-state index contributed by atoms with van der Waals surface area (Å²) >= 11 is 0. The molecule has 0 bridgehead atoms. The Kier molecular flexibility index (Phi) is 6.58. The molecule has 0 spiro atoms. The van der Waals surface area contributed by atoms with Gasteiger partial charge in [0.05, 0.1) is 12.2 Å². The highest BCUT2D eigenvalue weighted by Gasteiger charge is 2.16. The maximum Gasteiger partial charge on any atom is 0.253 e. The van der Waals surface area contributed by atoms with E-state index in [1.807, 2.05) is 26.0 Å². The van der Waals surface area contributed by atoms with Gasteiger partial charge in [-0.3, -0.25) is 4.79 Å². The number of methoxy groups -OCH3 is 1. The van der Waals surface area contributed by atoms with Crippen LogP contribution < -0.4 is 10.6 Å². The van der Waals surface area contributed by atoms with Crippen LogP contribution in [-0.2, 0) is 4.74 Å². The van der Waals surface area contributed by atoms with Crippen molar-refractivity contribution < 1.29 is 9.53 Å². The minimum atomic E-state index is -0.0319. The monoisotopic (exact) mass is 329 g/mol. The number of benzene rings is 1. The SMILES string of the molecule is COCCNCCNC(=O)c1cc(C)n(-c2cccc(C)c2)c1C. The van der Waals surface area contributed by atoms with E-state index < -0.39 is 0 Å². The van der Waals surface area contributed by atoms with Crippen molar-refractivity contribution in [3.05, 3.63) is 52.8 Å². The van der Waals surface area contributed by atoms with E-state index in [0.29, 0.717) is 13.2 Å². The first-order chi connectivity index (χ1) is 11.5. The van der Waals surface area contributed by atoms with Crippen LogP contribution in [0.15, 0.2) is 30.3 Å². The number of nitrogens with zero attached hydrogens (tertiary/aromatic N) is 1. The van der Waals surface area contributed by atoms with Gasteiger partial charge in [0, 0.05) is 43.8 Å². The van der Waals surface area contributed by atoms with E-state index in [4.69, 9.17) is 4.74 Å². The summed E-state index contributed by atoms with van der Waals surface area (Å²) in [5.41, 5.74) is 5.04. The number of aromatic nitrogens is 1. The number of carbonyl (C=O) groups excluding carboxylic acids is 1. The first-order valence-electron chi connectivity index (χ1n) is 8.28. The topological polar surface area (TPSA) is 55.3 Å². The normalized spacial score (nSPS) is 10.8. The molecular weight excluding hydrogens is 302 g/mol. The van der Waals surface area contributed by atoms with Crippen LogP contribution in [0.4, 0.5) is 0 Å². The average molecular weight is 329 g/mol. The van der Waals surface area contributed by atoms with Crippen LogP contribution in [0, 0.1) is 20.8 Å². The van der Waals surface area contributed by atoms with Gasteiger partial charge in [0.15, 0.2) is 0 Å². The summed E-state index contributed by atoms with van der Waals surface area (Å²) in [6.45, 7) is 8.86. The molecular formula is C19H27N3O2. The van der Waals surface area contributed by atoms with Crippen LogP contribution in [0.5, 0.6) is 0 Å². The maximum absolute atomic E-state index is 12.4. The van der Waals surface area contributed by atoms with Gasteiger partial charge in [-0.05, 0) is 44.5 Å². The molecule has 0 radical (unpaired) electrons. The van der Waals surface area contributed by atoms with E-state index >= 15 is 0 Å². The van der Waals surface area contributed by atoms with E-state index in [0.717, 1.165) is 35.7 Å². The molecule has 0 aliphatic rings. The van der Waals surface area contributed by atoms with Gasteiger partial charge < -0.3 is 19.9 Å². The van der Waals surface area contributed by atoms with E-state index in [9.17, 15) is 4.79 Å². The highest BCUT2D eigenvalue weighted by atomic mass is 16.5. The molecule has 1 heterocycles. The second kappa shape index (κ2) is 8.66. The number of amides is 1. The molecule has 0 aliphatic carbocycles. The Morgan fingerprint density at radius 3 is 2.62 bits per heavy atom. The zero-order valence-electron chi connectivity index (χ0n) is 15.0. The molecule has 1 aromatic carbocycles. The summed E-state index contributed by atoms with van der Waals surface area (Å²) in [4.78, 5) is 12.4. The van der Waals surface area contributed by atoms with Gasteiger partial charge in [0.2, 0.25) is 0 Å². The van der Waals surface area contributed by atoms with Crippen molar-refractivity contribution in [3.8, 4) is 5.69 Å². The third-order valence-corrected chi connectivity index (χ3v) is 4.01. The summed E-state index contributed by atoms with van der Waals surface area (Å²) in [5, 5.41) is 6.18. The lowest BCUT2D eigenvalue weighted by Gasteiger charge is -2.11. The molecule has 130 valence electrons. The molecule has 2 rings (SSSR count). The van der Waals surface area contributed by atoms with Crippen molar-refractivity contribution in [3.63, 3.8) is 0 Å². The number of carbonyl (C=O) groups is 1. The molecule has 2 N–H and O–H groups in total. The number of nitrogens with one attached hydrogen (secondary N) is 2. The highest BCUT2D eigenvalue weighted by molar-refractivity contribution is 5.95. The lowest BCUT2D eigenvalue weighted by molar-refractivity contribution is 0.0953.